The van der Waals surface area contributed by atoms with Crippen molar-refractivity contribution in [3.05, 3.63) is 11.3 Å². The molecule has 0 heterocycles. The van der Waals surface area contributed by atoms with Crippen molar-refractivity contribution in [2.24, 2.45) is 0 Å². The number of hydrogen-bond acceptors (Lipinski definition) is 1. The minimum atomic E-state index is 1.16. The van der Waals surface area contributed by atoms with Crippen molar-refractivity contribution in [1.82, 2.24) is 5.32 Å². The van der Waals surface area contributed by atoms with E-state index >= 15 is 0 Å². The summed E-state index contributed by atoms with van der Waals surface area (Å²) in [4.78, 5) is 0. The molecule has 60 valence electrons. The van der Waals surface area contributed by atoms with Crippen molar-refractivity contribution >= 4 is 0 Å². The first-order chi connectivity index (χ1) is 4.76. The molecule has 0 spiro atoms. The smallest absolute Gasteiger partial charge is 0.00929 e. The molecule has 10 heavy (non-hydrogen) atoms. The number of nitrogens with one attached hydrogen (secondary N) is 1. The van der Waals surface area contributed by atoms with Gasteiger partial charge >= 0.3 is 0 Å². The minimum absolute atomic E-state index is 1.16. The molecule has 0 saturated carbocycles. The molecule has 0 rings (SSSR count). The fourth-order valence-corrected chi connectivity index (χ4v) is 1.02. The summed E-state index contributed by atoms with van der Waals surface area (Å²) in [5.74, 6) is 0. The molecule has 0 fully saturated rings. The van der Waals surface area contributed by atoms with E-state index in [1.165, 1.54) is 24.1 Å². The van der Waals surface area contributed by atoms with E-state index in [-0.39, 0.29) is 0 Å². The average Bonchev–Trinajstić information content (AvgIpc) is 1.99. The molecule has 0 bridgehead atoms. The number of hydrogen-bond donors (Lipinski definition) is 1. The molecule has 0 saturated heterocycles. The molecule has 0 unspecified atom stereocenters. The van der Waals surface area contributed by atoms with E-state index in [1.54, 1.807) is 0 Å². The molecular formula is C9H19N. The second-order valence-corrected chi connectivity index (χ2v) is 2.61. The molecule has 0 aromatic carbocycles. The fraction of sp³-hybridized carbons (Fsp3) is 0.778. The van der Waals surface area contributed by atoms with E-state index in [4.69, 9.17) is 0 Å². The quantitative estimate of drug-likeness (QED) is 0.634. The van der Waals surface area contributed by atoms with Crippen LogP contribution in [0.4, 0.5) is 0 Å². The van der Waals surface area contributed by atoms with Crippen LogP contribution in [0.5, 0.6) is 0 Å². The van der Waals surface area contributed by atoms with Crippen LogP contribution in [0.2, 0.25) is 0 Å². The van der Waals surface area contributed by atoms with Gasteiger partial charge in [-0.1, -0.05) is 25.8 Å². The lowest BCUT2D eigenvalue weighted by atomic mass is 10.1. The zero-order valence-electron chi connectivity index (χ0n) is 7.62. The average molecular weight is 141 g/mol. The lowest BCUT2D eigenvalue weighted by Gasteiger charge is -2.08. The summed E-state index contributed by atoms with van der Waals surface area (Å²) in [5, 5.41) is 3.23. The van der Waals surface area contributed by atoms with Crippen molar-refractivity contribution < 1.29 is 0 Å². The standard InChI is InChI=1S/C9H19N/c1-5-7-9(10-4)8(3)6-2/h10H,5-7H2,1-4H3/b9-8+. The van der Waals surface area contributed by atoms with Crippen LogP contribution in [-0.2, 0) is 0 Å². The largest absolute Gasteiger partial charge is 0.391 e. The first kappa shape index (κ1) is 9.54. The molecule has 0 aliphatic carbocycles. The lowest BCUT2D eigenvalue weighted by Crippen LogP contribution is -2.07. The van der Waals surface area contributed by atoms with Crippen molar-refractivity contribution in [2.45, 2.75) is 40.0 Å². The van der Waals surface area contributed by atoms with Crippen molar-refractivity contribution in [1.29, 1.82) is 0 Å². The second kappa shape index (κ2) is 5.33. The van der Waals surface area contributed by atoms with Crippen LogP contribution < -0.4 is 5.32 Å². The van der Waals surface area contributed by atoms with Gasteiger partial charge in [0.1, 0.15) is 0 Å². The molecule has 0 aromatic heterocycles. The van der Waals surface area contributed by atoms with Crippen LogP contribution in [-0.4, -0.2) is 7.05 Å². The Kier molecular flexibility index (Phi) is 5.09. The van der Waals surface area contributed by atoms with Crippen LogP contribution in [0.1, 0.15) is 40.0 Å². The van der Waals surface area contributed by atoms with E-state index in [2.05, 4.69) is 26.1 Å². The Morgan fingerprint density at radius 2 is 1.90 bits per heavy atom. The highest BCUT2D eigenvalue weighted by Gasteiger charge is 1.95. The topological polar surface area (TPSA) is 12.0 Å². The summed E-state index contributed by atoms with van der Waals surface area (Å²) in [6.07, 6.45) is 3.58. The summed E-state index contributed by atoms with van der Waals surface area (Å²) in [6, 6.07) is 0. The summed E-state index contributed by atoms with van der Waals surface area (Å²) in [6.45, 7) is 6.60. The first-order valence-electron chi connectivity index (χ1n) is 4.12. The zero-order chi connectivity index (χ0) is 7.98. The van der Waals surface area contributed by atoms with E-state index in [1.807, 2.05) is 7.05 Å². The summed E-state index contributed by atoms with van der Waals surface area (Å²) in [5.41, 5.74) is 2.91. The highest BCUT2D eigenvalue weighted by Crippen LogP contribution is 2.09. The normalized spacial score (nSPS) is 12.8. The third kappa shape index (κ3) is 2.90. The second-order valence-electron chi connectivity index (χ2n) is 2.61. The summed E-state index contributed by atoms with van der Waals surface area (Å²) < 4.78 is 0. The third-order valence-electron chi connectivity index (χ3n) is 1.85. The Bertz CT molecular complexity index is 114. The van der Waals surface area contributed by atoms with Gasteiger partial charge in [0.15, 0.2) is 0 Å². The molecule has 0 aromatic rings. The molecule has 0 amide bonds. The Morgan fingerprint density at radius 3 is 2.20 bits per heavy atom. The van der Waals surface area contributed by atoms with Crippen LogP contribution in [0.25, 0.3) is 0 Å². The van der Waals surface area contributed by atoms with E-state index in [9.17, 15) is 0 Å². The van der Waals surface area contributed by atoms with Crippen molar-refractivity contribution in [2.75, 3.05) is 7.05 Å². The van der Waals surface area contributed by atoms with Gasteiger partial charge in [0.25, 0.3) is 0 Å². The van der Waals surface area contributed by atoms with Gasteiger partial charge in [-0.05, 0) is 19.8 Å². The monoisotopic (exact) mass is 141 g/mol. The molecule has 0 aliphatic rings. The first-order valence-corrected chi connectivity index (χ1v) is 4.12. The highest BCUT2D eigenvalue weighted by atomic mass is 14.8. The molecule has 0 atom stereocenters. The zero-order valence-corrected chi connectivity index (χ0v) is 7.62. The van der Waals surface area contributed by atoms with Crippen LogP contribution in [0.3, 0.4) is 0 Å². The SMILES string of the molecule is CCC/C(NC)=C(/C)CC. The Morgan fingerprint density at radius 1 is 1.30 bits per heavy atom. The van der Waals surface area contributed by atoms with Gasteiger partial charge < -0.3 is 5.32 Å². The predicted octanol–water partition coefficient (Wildman–Crippen LogP) is 2.69. The third-order valence-corrected chi connectivity index (χ3v) is 1.85. The van der Waals surface area contributed by atoms with Gasteiger partial charge in [0, 0.05) is 12.7 Å². The van der Waals surface area contributed by atoms with Crippen molar-refractivity contribution in [3.8, 4) is 0 Å². The molecule has 1 nitrogen and oxygen atoms in total. The van der Waals surface area contributed by atoms with Crippen molar-refractivity contribution in [3.63, 3.8) is 0 Å². The van der Waals surface area contributed by atoms with Gasteiger partial charge in [-0.25, -0.2) is 0 Å². The summed E-state index contributed by atoms with van der Waals surface area (Å²) in [7, 11) is 2.00. The Labute approximate surface area is 64.5 Å². The van der Waals surface area contributed by atoms with Gasteiger partial charge in [-0.2, -0.15) is 0 Å². The molecule has 1 heteroatoms. The lowest BCUT2D eigenvalue weighted by molar-refractivity contribution is 0.786. The maximum absolute atomic E-state index is 3.23. The van der Waals surface area contributed by atoms with E-state index in [0.717, 1.165) is 6.42 Å². The Balaban J connectivity index is 4.00. The molecule has 1 N–H and O–H groups in total. The van der Waals surface area contributed by atoms with E-state index < -0.39 is 0 Å². The molecule has 0 aliphatic heterocycles. The molecule has 0 radical (unpaired) electrons. The van der Waals surface area contributed by atoms with Crippen LogP contribution in [0, 0.1) is 0 Å². The van der Waals surface area contributed by atoms with Gasteiger partial charge in [-0.15, -0.1) is 0 Å². The highest BCUT2D eigenvalue weighted by molar-refractivity contribution is 5.08. The van der Waals surface area contributed by atoms with E-state index in [0.29, 0.717) is 0 Å². The number of allylic oxidation sites excluding steroid dienone is 2. The minimum Gasteiger partial charge on any atom is -0.391 e. The summed E-state index contributed by atoms with van der Waals surface area (Å²) >= 11 is 0. The van der Waals surface area contributed by atoms with Gasteiger partial charge in [-0.3, -0.25) is 0 Å². The molecular weight excluding hydrogens is 122 g/mol. The Hall–Kier alpha value is -0.460. The van der Waals surface area contributed by atoms with Gasteiger partial charge in [0.05, 0.1) is 0 Å². The predicted molar refractivity (Wildman–Crippen MR) is 47.0 cm³/mol. The van der Waals surface area contributed by atoms with Crippen LogP contribution in [0.15, 0.2) is 11.3 Å². The maximum Gasteiger partial charge on any atom is 0.00929 e. The maximum atomic E-state index is 3.23. The van der Waals surface area contributed by atoms with Gasteiger partial charge in [0.2, 0.25) is 0 Å². The van der Waals surface area contributed by atoms with Crippen LogP contribution >= 0.6 is 0 Å². The fourth-order valence-electron chi connectivity index (χ4n) is 1.02. The number of rotatable bonds is 4.